The maximum absolute atomic E-state index is 5.66. The van der Waals surface area contributed by atoms with Crippen LogP contribution >= 0.6 is 11.6 Å². The summed E-state index contributed by atoms with van der Waals surface area (Å²) in [4.78, 5) is 0. The van der Waals surface area contributed by atoms with E-state index in [1.54, 1.807) is 4.68 Å². The Labute approximate surface area is 94.8 Å². The number of aromatic nitrogens is 4. The predicted molar refractivity (Wildman–Crippen MR) is 57.6 cm³/mol. The molecule has 0 bridgehead atoms. The number of rotatable bonds is 7. The molecule has 6 heteroatoms. The molecule has 86 valence electrons. The quantitative estimate of drug-likeness (QED) is 0.528. The highest BCUT2D eigenvalue weighted by Gasteiger charge is 2.03. The lowest BCUT2D eigenvalue weighted by Crippen LogP contribution is -2.09. The first-order valence-electron chi connectivity index (χ1n) is 5.12. The van der Waals surface area contributed by atoms with Crippen LogP contribution in [0.5, 0.6) is 0 Å². The van der Waals surface area contributed by atoms with Crippen LogP contribution in [0, 0.1) is 5.92 Å². The molecule has 0 atom stereocenters. The lowest BCUT2D eigenvalue weighted by atomic mass is 10.2. The summed E-state index contributed by atoms with van der Waals surface area (Å²) in [6, 6.07) is 0. The van der Waals surface area contributed by atoms with Crippen LogP contribution in [0.3, 0.4) is 0 Å². The normalized spacial score (nSPS) is 11.2. The third-order valence-electron chi connectivity index (χ3n) is 1.84. The van der Waals surface area contributed by atoms with Gasteiger partial charge in [-0.2, -0.15) is 0 Å². The van der Waals surface area contributed by atoms with Gasteiger partial charge in [0.1, 0.15) is 0 Å². The number of halogens is 1. The highest BCUT2D eigenvalue weighted by Crippen LogP contribution is 1.99. The number of hydrogen-bond donors (Lipinski definition) is 0. The fourth-order valence-corrected chi connectivity index (χ4v) is 1.32. The Balaban J connectivity index is 2.15. The van der Waals surface area contributed by atoms with E-state index >= 15 is 0 Å². The second-order valence-electron chi connectivity index (χ2n) is 3.77. The maximum Gasteiger partial charge on any atom is 0.165 e. The average molecular weight is 233 g/mol. The van der Waals surface area contributed by atoms with Crippen molar-refractivity contribution < 1.29 is 4.74 Å². The molecule has 0 fully saturated rings. The van der Waals surface area contributed by atoms with Gasteiger partial charge < -0.3 is 4.74 Å². The minimum atomic E-state index is 0.347. The van der Waals surface area contributed by atoms with Gasteiger partial charge in [0, 0.05) is 19.8 Å². The molecule has 5 nitrogen and oxygen atoms in total. The highest BCUT2D eigenvalue weighted by atomic mass is 35.5. The molecule has 0 aliphatic rings. The van der Waals surface area contributed by atoms with Crippen molar-refractivity contribution in [1.82, 2.24) is 20.2 Å². The first kappa shape index (κ1) is 12.4. The van der Waals surface area contributed by atoms with Crippen LogP contribution < -0.4 is 0 Å². The Bertz CT molecular complexity index is 277. The molecule has 0 aromatic carbocycles. The molecule has 15 heavy (non-hydrogen) atoms. The van der Waals surface area contributed by atoms with Crippen molar-refractivity contribution >= 4 is 11.6 Å². The fourth-order valence-electron chi connectivity index (χ4n) is 1.13. The molecule has 1 rings (SSSR count). The van der Waals surface area contributed by atoms with Gasteiger partial charge in [-0.25, -0.2) is 4.68 Å². The van der Waals surface area contributed by atoms with Crippen molar-refractivity contribution in [2.75, 3.05) is 13.2 Å². The first-order valence-corrected chi connectivity index (χ1v) is 5.66. The summed E-state index contributed by atoms with van der Waals surface area (Å²) < 4.78 is 7.17. The van der Waals surface area contributed by atoms with Gasteiger partial charge in [0.2, 0.25) is 0 Å². The topological polar surface area (TPSA) is 52.8 Å². The molecule has 0 aliphatic heterocycles. The zero-order valence-corrected chi connectivity index (χ0v) is 9.94. The van der Waals surface area contributed by atoms with Crippen LogP contribution in [0.1, 0.15) is 26.1 Å². The molecule has 1 aromatic heterocycles. The Hall–Kier alpha value is -0.680. The molecule has 0 aliphatic carbocycles. The Kier molecular flexibility index (Phi) is 5.57. The number of nitrogens with zero attached hydrogens (tertiary/aromatic N) is 4. The van der Waals surface area contributed by atoms with Crippen molar-refractivity contribution in [1.29, 1.82) is 0 Å². The fraction of sp³-hybridized carbons (Fsp3) is 0.889. The molecule has 1 aromatic rings. The number of aryl methyl sites for hydroxylation is 1. The number of hydrogen-bond acceptors (Lipinski definition) is 4. The van der Waals surface area contributed by atoms with E-state index in [0.29, 0.717) is 17.6 Å². The van der Waals surface area contributed by atoms with Gasteiger partial charge in [-0.15, -0.1) is 16.7 Å². The molecule has 1 heterocycles. The lowest BCUT2D eigenvalue weighted by Gasteiger charge is -2.06. The van der Waals surface area contributed by atoms with Gasteiger partial charge in [-0.1, -0.05) is 13.8 Å². The predicted octanol–water partition coefficient (Wildman–Crippen LogP) is 1.47. The van der Waals surface area contributed by atoms with Crippen LogP contribution in [-0.4, -0.2) is 33.4 Å². The molecular weight excluding hydrogens is 216 g/mol. The van der Waals surface area contributed by atoms with Crippen molar-refractivity contribution in [2.24, 2.45) is 5.92 Å². The minimum absolute atomic E-state index is 0.347. The van der Waals surface area contributed by atoms with E-state index in [2.05, 4.69) is 29.4 Å². The Morgan fingerprint density at radius 1 is 1.47 bits per heavy atom. The van der Waals surface area contributed by atoms with Crippen molar-refractivity contribution in [3.8, 4) is 0 Å². The lowest BCUT2D eigenvalue weighted by molar-refractivity contribution is 0.104. The van der Waals surface area contributed by atoms with Crippen molar-refractivity contribution in [3.05, 3.63) is 5.82 Å². The summed E-state index contributed by atoms with van der Waals surface area (Å²) in [5.74, 6) is 1.64. The van der Waals surface area contributed by atoms with E-state index in [-0.39, 0.29) is 0 Å². The van der Waals surface area contributed by atoms with Crippen molar-refractivity contribution in [2.45, 2.75) is 32.7 Å². The molecule has 0 saturated carbocycles. The van der Waals surface area contributed by atoms with Gasteiger partial charge in [0.05, 0.1) is 5.88 Å². The van der Waals surface area contributed by atoms with Gasteiger partial charge in [0.25, 0.3) is 0 Å². The molecule has 0 amide bonds. The summed E-state index contributed by atoms with van der Waals surface area (Å²) in [5, 5.41) is 11.2. The zero-order chi connectivity index (χ0) is 11.1. The molecule has 0 unspecified atom stereocenters. The molecule has 0 spiro atoms. The van der Waals surface area contributed by atoms with Crippen LogP contribution in [0.4, 0.5) is 0 Å². The van der Waals surface area contributed by atoms with Crippen LogP contribution in [0.2, 0.25) is 0 Å². The number of tetrazole rings is 1. The van der Waals surface area contributed by atoms with Gasteiger partial charge in [0.15, 0.2) is 5.82 Å². The summed E-state index contributed by atoms with van der Waals surface area (Å²) in [5.41, 5.74) is 0. The average Bonchev–Trinajstić information content (AvgIpc) is 2.64. The van der Waals surface area contributed by atoms with E-state index in [9.17, 15) is 0 Å². The van der Waals surface area contributed by atoms with Gasteiger partial charge >= 0.3 is 0 Å². The van der Waals surface area contributed by atoms with E-state index < -0.39 is 0 Å². The minimum Gasteiger partial charge on any atom is -0.381 e. The van der Waals surface area contributed by atoms with Crippen molar-refractivity contribution in [3.63, 3.8) is 0 Å². The second kappa shape index (κ2) is 6.74. The Morgan fingerprint density at radius 2 is 2.27 bits per heavy atom. The van der Waals surface area contributed by atoms with Crippen LogP contribution in [0.15, 0.2) is 0 Å². The standard InChI is InChI=1S/C9H17ClN4O/c1-8(2)7-15-5-3-4-14-9(6-10)11-12-13-14/h8H,3-7H2,1-2H3. The van der Waals surface area contributed by atoms with E-state index in [4.69, 9.17) is 16.3 Å². The number of ether oxygens (including phenoxy) is 1. The molecule has 0 saturated heterocycles. The van der Waals surface area contributed by atoms with E-state index in [0.717, 1.165) is 26.2 Å². The second-order valence-corrected chi connectivity index (χ2v) is 4.04. The summed E-state index contributed by atoms with van der Waals surface area (Å²) >= 11 is 5.66. The maximum atomic E-state index is 5.66. The Morgan fingerprint density at radius 3 is 2.93 bits per heavy atom. The third kappa shape index (κ3) is 4.57. The molecule has 0 radical (unpaired) electrons. The summed E-state index contributed by atoms with van der Waals surface area (Å²) in [6.45, 7) is 6.56. The zero-order valence-electron chi connectivity index (χ0n) is 9.19. The van der Waals surface area contributed by atoms with Gasteiger partial charge in [-0.3, -0.25) is 0 Å². The van der Waals surface area contributed by atoms with E-state index in [1.165, 1.54) is 0 Å². The molecule has 0 N–H and O–H groups in total. The van der Waals surface area contributed by atoms with Gasteiger partial charge in [-0.05, 0) is 22.8 Å². The number of alkyl halides is 1. The highest BCUT2D eigenvalue weighted by molar-refractivity contribution is 6.16. The van der Waals surface area contributed by atoms with Crippen LogP contribution in [-0.2, 0) is 17.2 Å². The third-order valence-corrected chi connectivity index (χ3v) is 2.07. The van der Waals surface area contributed by atoms with E-state index in [1.807, 2.05) is 0 Å². The SMILES string of the molecule is CC(C)COCCCn1nnnc1CCl. The van der Waals surface area contributed by atoms with Crippen LogP contribution in [0.25, 0.3) is 0 Å². The first-order chi connectivity index (χ1) is 7.24. The summed E-state index contributed by atoms with van der Waals surface area (Å²) in [7, 11) is 0. The molecular formula is C9H17ClN4O. The monoisotopic (exact) mass is 232 g/mol. The summed E-state index contributed by atoms with van der Waals surface area (Å²) in [6.07, 6.45) is 0.904. The smallest absolute Gasteiger partial charge is 0.165 e. The largest absolute Gasteiger partial charge is 0.381 e.